The molecule has 5 heteroatoms. The molecule has 0 saturated carbocycles. The Bertz CT molecular complexity index is 617. The van der Waals surface area contributed by atoms with Crippen molar-refractivity contribution in [1.82, 2.24) is 0 Å². The van der Waals surface area contributed by atoms with Crippen molar-refractivity contribution >= 4 is 0 Å². The van der Waals surface area contributed by atoms with Gasteiger partial charge in [-0.25, -0.2) is 8.78 Å². The summed E-state index contributed by atoms with van der Waals surface area (Å²) in [5.41, 5.74) is 1.39. The van der Waals surface area contributed by atoms with Gasteiger partial charge >= 0.3 is 6.18 Å². The molecular formula is C20H25F5. The molecule has 0 spiro atoms. The molecule has 0 aliphatic heterocycles. The highest BCUT2D eigenvalue weighted by Crippen LogP contribution is 2.30. The fourth-order valence-electron chi connectivity index (χ4n) is 2.00. The quantitative estimate of drug-likeness (QED) is 0.464. The van der Waals surface area contributed by atoms with E-state index in [9.17, 15) is 22.0 Å². The van der Waals surface area contributed by atoms with Crippen LogP contribution in [0, 0.1) is 25.5 Å². The predicted molar refractivity (Wildman–Crippen MR) is 92.7 cm³/mol. The smallest absolute Gasteiger partial charge is 0.207 e. The number of halogens is 5. The summed E-state index contributed by atoms with van der Waals surface area (Å²) in [7, 11) is 0. The summed E-state index contributed by atoms with van der Waals surface area (Å²) in [6.45, 7) is 11.5. The van der Waals surface area contributed by atoms with E-state index in [4.69, 9.17) is 0 Å². The highest BCUT2D eigenvalue weighted by Gasteiger charge is 2.30. The SMILES string of the molecule is CC.Cc1cc(F)cc(C(C)C)c1.Cc1cc(F)cc(C(F)(F)F)c1. The highest BCUT2D eigenvalue weighted by molar-refractivity contribution is 5.26. The van der Waals surface area contributed by atoms with Gasteiger partial charge in [-0.1, -0.05) is 33.8 Å². The standard InChI is InChI=1S/C10H13F.C8H6F4.C2H6/c1-7(2)9-4-8(3)5-10(11)6-9;1-5-2-6(8(10,11)12)4-7(9)3-5;1-2/h4-7H,1-3H3;2-4H,1H3;1-2H3. The average Bonchev–Trinajstić information content (AvgIpc) is 2.47. The Labute approximate surface area is 146 Å². The first-order chi connectivity index (χ1) is 11.5. The molecule has 0 aromatic heterocycles. The van der Waals surface area contributed by atoms with Gasteiger partial charge in [-0.15, -0.1) is 0 Å². The number of aryl methyl sites for hydroxylation is 2. The summed E-state index contributed by atoms with van der Waals surface area (Å²) in [6, 6.07) is 7.60. The van der Waals surface area contributed by atoms with E-state index in [1.54, 1.807) is 12.1 Å². The molecule has 140 valence electrons. The van der Waals surface area contributed by atoms with Crippen LogP contribution < -0.4 is 0 Å². The lowest BCUT2D eigenvalue weighted by Crippen LogP contribution is -2.05. The zero-order chi connectivity index (χ0) is 19.8. The predicted octanol–water partition coefficient (Wildman–Crippen LogP) is 7.44. The minimum Gasteiger partial charge on any atom is -0.207 e. The van der Waals surface area contributed by atoms with Gasteiger partial charge in [0.05, 0.1) is 5.56 Å². The summed E-state index contributed by atoms with van der Waals surface area (Å²) in [5, 5.41) is 0. The summed E-state index contributed by atoms with van der Waals surface area (Å²) >= 11 is 0. The second kappa shape index (κ2) is 10.2. The third-order valence-corrected chi connectivity index (χ3v) is 3.10. The van der Waals surface area contributed by atoms with E-state index < -0.39 is 17.6 Å². The lowest BCUT2D eigenvalue weighted by atomic mass is 10.0. The maximum Gasteiger partial charge on any atom is 0.416 e. The maximum absolute atomic E-state index is 12.8. The van der Waals surface area contributed by atoms with Crippen molar-refractivity contribution in [2.75, 3.05) is 0 Å². The first-order valence-corrected chi connectivity index (χ1v) is 8.10. The fraction of sp³-hybridized carbons (Fsp3) is 0.400. The summed E-state index contributed by atoms with van der Waals surface area (Å²) < 4.78 is 61.2. The van der Waals surface area contributed by atoms with Gasteiger partial charge in [0.25, 0.3) is 0 Å². The van der Waals surface area contributed by atoms with Crippen molar-refractivity contribution in [3.05, 3.63) is 70.3 Å². The fourth-order valence-corrected chi connectivity index (χ4v) is 2.00. The molecule has 0 radical (unpaired) electrons. The minimum absolute atomic E-state index is 0.131. The summed E-state index contributed by atoms with van der Waals surface area (Å²) in [4.78, 5) is 0. The van der Waals surface area contributed by atoms with Crippen LogP contribution in [0.3, 0.4) is 0 Å². The van der Waals surface area contributed by atoms with Gasteiger partial charge in [0.15, 0.2) is 0 Å². The molecule has 2 aromatic carbocycles. The van der Waals surface area contributed by atoms with Crippen LogP contribution in [0.25, 0.3) is 0 Å². The number of hydrogen-bond acceptors (Lipinski definition) is 0. The minimum atomic E-state index is -4.47. The molecule has 25 heavy (non-hydrogen) atoms. The molecule has 2 rings (SSSR count). The van der Waals surface area contributed by atoms with Gasteiger partial charge in [0.1, 0.15) is 11.6 Å². The average molecular weight is 360 g/mol. The van der Waals surface area contributed by atoms with Crippen LogP contribution in [-0.2, 0) is 6.18 Å². The van der Waals surface area contributed by atoms with Crippen LogP contribution >= 0.6 is 0 Å². The van der Waals surface area contributed by atoms with E-state index in [0.29, 0.717) is 12.0 Å². The number of alkyl halides is 3. The second-order valence-corrected chi connectivity index (χ2v) is 5.73. The molecule has 0 atom stereocenters. The maximum atomic E-state index is 12.8. The van der Waals surface area contributed by atoms with Gasteiger partial charge in [-0.2, -0.15) is 13.2 Å². The van der Waals surface area contributed by atoms with Crippen molar-refractivity contribution in [2.45, 2.75) is 53.6 Å². The Morgan fingerprint density at radius 2 is 1.16 bits per heavy atom. The monoisotopic (exact) mass is 360 g/mol. The molecule has 0 aliphatic carbocycles. The molecule has 0 bridgehead atoms. The highest BCUT2D eigenvalue weighted by atomic mass is 19.4. The molecule has 0 saturated heterocycles. The van der Waals surface area contributed by atoms with Crippen molar-refractivity contribution in [3.8, 4) is 0 Å². The number of rotatable bonds is 1. The summed E-state index contributed by atoms with van der Waals surface area (Å²) in [5.74, 6) is -0.583. The molecule has 0 unspecified atom stereocenters. The Morgan fingerprint density at radius 3 is 1.52 bits per heavy atom. The van der Waals surface area contributed by atoms with Gasteiger partial charge < -0.3 is 0 Å². The second-order valence-electron chi connectivity index (χ2n) is 5.73. The zero-order valence-electron chi connectivity index (χ0n) is 15.4. The molecule has 0 amide bonds. The van der Waals surface area contributed by atoms with Crippen LogP contribution in [0.2, 0.25) is 0 Å². The van der Waals surface area contributed by atoms with E-state index in [2.05, 4.69) is 13.8 Å². The van der Waals surface area contributed by atoms with Crippen LogP contribution in [0.5, 0.6) is 0 Å². The van der Waals surface area contributed by atoms with E-state index in [0.717, 1.165) is 23.3 Å². The largest absolute Gasteiger partial charge is 0.416 e. The van der Waals surface area contributed by atoms with Crippen molar-refractivity contribution < 1.29 is 22.0 Å². The molecule has 0 N–H and O–H groups in total. The van der Waals surface area contributed by atoms with E-state index >= 15 is 0 Å². The zero-order valence-corrected chi connectivity index (χ0v) is 15.4. The molecule has 0 aliphatic rings. The van der Waals surface area contributed by atoms with Crippen LogP contribution in [0.15, 0.2) is 36.4 Å². The van der Waals surface area contributed by atoms with Gasteiger partial charge in [-0.3, -0.25) is 0 Å². The molecule has 0 heterocycles. The van der Waals surface area contributed by atoms with E-state index in [1.807, 2.05) is 26.8 Å². The van der Waals surface area contributed by atoms with Crippen LogP contribution in [0.4, 0.5) is 22.0 Å². The summed E-state index contributed by atoms with van der Waals surface area (Å²) in [6.07, 6.45) is -4.47. The van der Waals surface area contributed by atoms with Crippen LogP contribution in [-0.4, -0.2) is 0 Å². The third kappa shape index (κ3) is 8.66. The Kier molecular flexibility index (Phi) is 9.39. The van der Waals surface area contributed by atoms with E-state index in [1.165, 1.54) is 6.92 Å². The molecular weight excluding hydrogens is 335 g/mol. The van der Waals surface area contributed by atoms with Gasteiger partial charge in [0.2, 0.25) is 0 Å². The third-order valence-electron chi connectivity index (χ3n) is 3.10. The topological polar surface area (TPSA) is 0 Å². The Balaban J connectivity index is 0.000000421. The number of benzene rings is 2. The molecule has 0 fully saturated rings. The molecule has 2 aromatic rings. The first-order valence-electron chi connectivity index (χ1n) is 8.10. The van der Waals surface area contributed by atoms with Crippen molar-refractivity contribution in [1.29, 1.82) is 0 Å². The van der Waals surface area contributed by atoms with Crippen LogP contribution in [0.1, 0.15) is 55.9 Å². The normalized spacial score (nSPS) is 10.6. The van der Waals surface area contributed by atoms with E-state index in [-0.39, 0.29) is 11.4 Å². The lowest BCUT2D eigenvalue weighted by molar-refractivity contribution is -0.137. The first kappa shape index (κ1) is 23.1. The number of hydrogen-bond donors (Lipinski definition) is 0. The Hall–Kier alpha value is -1.91. The lowest BCUT2D eigenvalue weighted by Gasteiger charge is -2.06. The van der Waals surface area contributed by atoms with Crippen molar-refractivity contribution in [3.63, 3.8) is 0 Å². The van der Waals surface area contributed by atoms with Gasteiger partial charge in [0, 0.05) is 0 Å². The van der Waals surface area contributed by atoms with Crippen molar-refractivity contribution in [2.24, 2.45) is 0 Å². The van der Waals surface area contributed by atoms with Gasteiger partial charge in [-0.05, 0) is 66.8 Å². The molecule has 0 nitrogen and oxygen atoms in total. The Morgan fingerprint density at radius 1 is 0.720 bits per heavy atom.